The number of hydrogen-bond donors (Lipinski definition) is 0. The van der Waals surface area contributed by atoms with Gasteiger partial charge in [-0.05, 0) is 43.4 Å². The summed E-state index contributed by atoms with van der Waals surface area (Å²) < 4.78 is 91.6. The summed E-state index contributed by atoms with van der Waals surface area (Å²) in [6, 6.07) is 4.95. The second-order valence-corrected chi connectivity index (χ2v) is 14.5. The van der Waals surface area contributed by atoms with Gasteiger partial charge in [-0.15, -0.1) is 0 Å². The lowest BCUT2D eigenvalue weighted by Gasteiger charge is -2.34. The fourth-order valence-corrected chi connectivity index (χ4v) is 7.45. The Bertz CT molecular complexity index is 1660. The highest BCUT2D eigenvalue weighted by Crippen LogP contribution is 2.40. The lowest BCUT2D eigenvalue weighted by molar-refractivity contribution is -0.190. The van der Waals surface area contributed by atoms with Gasteiger partial charge in [-0.1, -0.05) is 12.1 Å². The number of alkyl halides is 3. The smallest absolute Gasteiger partial charge is 0.339 e. The second kappa shape index (κ2) is 10.0. The highest BCUT2D eigenvalue weighted by atomic mass is 32.2. The van der Waals surface area contributed by atoms with Gasteiger partial charge in [0.25, 0.3) is 0 Å². The molecule has 15 heteroatoms. The van der Waals surface area contributed by atoms with Crippen molar-refractivity contribution >= 4 is 42.6 Å². The van der Waals surface area contributed by atoms with Crippen LogP contribution in [0, 0.1) is 5.92 Å². The van der Waals surface area contributed by atoms with Gasteiger partial charge in [0.05, 0.1) is 29.1 Å². The molecule has 3 aromatic rings. The van der Waals surface area contributed by atoms with Crippen LogP contribution >= 0.6 is 0 Å². The van der Waals surface area contributed by atoms with Crippen molar-refractivity contribution in [3.63, 3.8) is 0 Å². The number of hydrogen-bond acceptors (Lipinski definition) is 8. The summed E-state index contributed by atoms with van der Waals surface area (Å²) in [5.41, 5.74) is 2.28. The zero-order chi connectivity index (χ0) is 29.0. The van der Waals surface area contributed by atoms with E-state index in [0.29, 0.717) is 41.3 Å². The van der Waals surface area contributed by atoms with E-state index in [1.807, 2.05) is 4.90 Å². The van der Waals surface area contributed by atoms with Gasteiger partial charge in [0, 0.05) is 37.5 Å². The van der Waals surface area contributed by atoms with Gasteiger partial charge in [0.15, 0.2) is 26.6 Å². The molecule has 0 N–H and O–H groups in total. The second-order valence-electron chi connectivity index (χ2n) is 10.3. The van der Waals surface area contributed by atoms with E-state index >= 15 is 0 Å². The van der Waals surface area contributed by atoms with E-state index in [1.54, 1.807) is 18.3 Å². The Labute approximate surface area is 229 Å². The van der Waals surface area contributed by atoms with Crippen molar-refractivity contribution < 1.29 is 34.8 Å². The molecule has 1 aromatic carbocycles. The van der Waals surface area contributed by atoms with Gasteiger partial charge >= 0.3 is 6.18 Å². The fourth-order valence-electron chi connectivity index (χ4n) is 5.41. The summed E-state index contributed by atoms with van der Waals surface area (Å²) in [6.07, 6.45) is -0.772. The van der Waals surface area contributed by atoms with Crippen LogP contribution in [0.1, 0.15) is 36.6 Å². The minimum atomic E-state index is -4.75. The largest absolute Gasteiger partial charge is 0.413 e. The molecule has 1 saturated heterocycles. The molecule has 1 amide bonds. The van der Waals surface area contributed by atoms with Crippen LogP contribution in [0.5, 0.6) is 0 Å². The molecule has 2 aromatic heterocycles. The van der Waals surface area contributed by atoms with Crippen molar-refractivity contribution in [3.05, 3.63) is 47.8 Å². The minimum Gasteiger partial charge on any atom is -0.339 e. The molecular weight excluding hydrogens is 571 g/mol. The zero-order valence-electron chi connectivity index (χ0n) is 21.8. The first kappa shape index (κ1) is 28.3. The molecule has 0 radical (unpaired) electrons. The zero-order valence-corrected chi connectivity index (χ0v) is 23.4. The third-order valence-corrected chi connectivity index (χ3v) is 10.1. The van der Waals surface area contributed by atoms with E-state index in [1.165, 1.54) is 22.7 Å². The Morgan fingerprint density at radius 1 is 1.15 bits per heavy atom. The molecule has 5 rings (SSSR count). The number of carbonyl (C=O) groups is 1. The van der Waals surface area contributed by atoms with Gasteiger partial charge in [0.1, 0.15) is 9.84 Å². The van der Waals surface area contributed by atoms with Crippen LogP contribution < -0.4 is 4.90 Å². The lowest BCUT2D eigenvalue weighted by Crippen LogP contribution is -2.44. The average molecular weight is 600 g/mol. The Kier molecular flexibility index (Phi) is 7.09. The van der Waals surface area contributed by atoms with Crippen molar-refractivity contribution in [1.29, 1.82) is 0 Å². The first-order valence-electron chi connectivity index (χ1n) is 12.6. The van der Waals surface area contributed by atoms with E-state index < -0.39 is 43.7 Å². The fraction of sp³-hybridized carbons (Fsp3) is 0.480. The SMILES string of the molecule is CN(C(=O)C1CCS(=O)(=O)CC1)[C@@H](c1ccc(N2CCCc3c2cnc2cc(S(C)(=O)=O)nn32)cc1)C(F)(F)F. The Hall–Kier alpha value is -3.20. The van der Waals surface area contributed by atoms with Crippen molar-refractivity contribution in [2.45, 2.75) is 42.9 Å². The first-order chi connectivity index (χ1) is 18.7. The van der Waals surface area contributed by atoms with Gasteiger partial charge < -0.3 is 9.80 Å². The Morgan fingerprint density at radius 2 is 1.80 bits per heavy atom. The van der Waals surface area contributed by atoms with Crippen LogP contribution in [0.4, 0.5) is 24.5 Å². The number of halogens is 3. The molecule has 0 aliphatic carbocycles. The summed E-state index contributed by atoms with van der Waals surface area (Å²) in [7, 11) is -5.70. The topological polar surface area (TPSA) is 122 Å². The average Bonchev–Trinajstić information content (AvgIpc) is 3.34. The van der Waals surface area contributed by atoms with E-state index in [2.05, 4.69) is 10.1 Å². The molecule has 0 spiro atoms. The van der Waals surface area contributed by atoms with Crippen molar-refractivity contribution in [3.8, 4) is 0 Å². The van der Waals surface area contributed by atoms with Crippen molar-refractivity contribution in [2.24, 2.45) is 5.92 Å². The number of nitrogens with zero attached hydrogens (tertiary/aromatic N) is 5. The number of sulfone groups is 2. The van der Waals surface area contributed by atoms with Crippen LogP contribution in [0.2, 0.25) is 0 Å². The quantitative estimate of drug-likeness (QED) is 0.439. The van der Waals surface area contributed by atoms with Crippen LogP contribution in [-0.2, 0) is 30.9 Å². The van der Waals surface area contributed by atoms with Crippen LogP contribution in [0.15, 0.2) is 41.6 Å². The normalized spacial score (nSPS) is 18.9. The van der Waals surface area contributed by atoms with E-state index in [9.17, 15) is 34.8 Å². The molecule has 1 fully saturated rings. The summed E-state index contributed by atoms with van der Waals surface area (Å²) in [6.45, 7) is 0.561. The number of anilines is 2. The van der Waals surface area contributed by atoms with Crippen LogP contribution in [-0.4, -0.2) is 79.8 Å². The lowest BCUT2D eigenvalue weighted by atomic mass is 9.98. The predicted octanol–water partition coefficient (Wildman–Crippen LogP) is 3.10. The number of aryl methyl sites for hydroxylation is 1. The maximum atomic E-state index is 14.2. The molecule has 0 bridgehead atoms. The number of rotatable bonds is 5. The molecule has 0 saturated carbocycles. The molecule has 0 unspecified atom stereocenters. The van der Waals surface area contributed by atoms with Gasteiger partial charge in [-0.2, -0.15) is 18.3 Å². The number of benzene rings is 1. The standard InChI is InChI=1S/C25H28F3N5O5S2/c1-31(24(34)17-9-12-40(37,38)13-10-17)23(25(26,27)28)16-5-7-18(8-6-16)32-11-3-4-19-20(32)15-29-21-14-22(30-33(19)21)39(2,35)36/h5-8,14-15,17,23H,3-4,9-13H2,1-2H3/t23-/m0/s1. The maximum Gasteiger partial charge on any atom is 0.413 e. The van der Waals surface area contributed by atoms with Crippen LogP contribution in [0.25, 0.3) is 5.65 Å². The predicted molar refractivity (Wildman–Crippen MR) is 141 cm³/mol. The summed E-state index contributed by atoms with van der Waals surface area (Å²) in [5.74, 6) is -1.93. The molecule has 2 aliphatic heterocycles. The maximum absolute atomic E-state index is 14.2. The van der Waals surface area contributed by atoms with Crippen LogP contribution in [0.3, 0.4) is 0 Å². The molecule has 2 aliphatic rings. The van der Waals surface area contributed by atoms with Gasteiger partial charge in [-0.25, -0.2) is 26.3 Å². The Morgan fingerprint density at radius 3 is 2.40 bits per heavy atom. The van der Waals surface area contributed by atoms with E-state index in [4.69, 9.17) is 0 Å². The first-order valence-corrected chi connectivity index (χ1v) is 16.4. The third kappa shape index (κ3) is 5.40. The molecule has 1 atom stereocenters. The Balaban J connectivity index is 1.43. The molecule has 4 heterocycles. The molecule has 40 heavy (non-hydrogen) atoms. The number of carbonyl (C=O) groups excluding carboxylic acids is 1. The third-order valence-electron chi connectivity index (χ3n) is 7.47. The highest BCUT2D eigenvalue weighted by molar-refractivity contribution is 7.91. The molecular formula is C25H28F3N5O5S2. The van der Waals surface area contributed by atoms with E-state index in [-0.39, 0.29) is 34.9 Å². The van der Waals surface area contributed by atoms with Crippen molar-refractivity contribution in [1.82, 2.24) is 19.5 Å². The van der Waals surface area contributed by atoms with E-state index in [0.717, 1.165) is 19.0 Å². The number of amides is 1. The monoisotopic (exact) mass is 599 g/mol. The molecule has 10 nitrogen and oxygen atoms in total. The highest BCUT2D eigenvalue weighted by Gasteiger charge is 2.46. The van der Waals surface area contributed by atoms with Gasteiger partial charge in [-0.3, -0.25) is 4.79 Å². The summed E-state index contributed by atoms with van der Waals surface area (Å²) in [4.78, 5) is 19.9. The molecule has 216 valence electrons. The summed E-state index contributed by atoms with van der Waals surface area (Å²) >= 11 is 0. The minimum absolute atomic E-state index is 0.00657. The van der Waals surface area contributed by atoms with Gasteiger partial charge in [0.2, 0.25) is 5.91 Å². The number of aromatic nitrogens is 3. The van der Waals surface area contributed by atoms with Crippen molar-refractivity contribution in [2.75, 3.05) is 36.3 Å². The summed E-state index contributed by atoms with van der Waals surface area (Å²) in [5, 5.41) is 4.12. The number of fused-ring (bicyclic) bond motifs is 3.